The topological polar surface area (TPSA) is 6.48 Å². The van der Waals surface area contributed by atoms with Crippen molar-refractivity contribution in [1.82, 2.24) is 0 Å². The molecule has 8 aromatic carbocycles. The van der Waals surface area contributed by atoms with Crippen molar-refractivity contribution in [3.63, 3.8) is 0 Å². The Hall–Kier alpha value is -7.16. The van der Waals surface area contributed by atoms with Gasteiger partial charge >= 0.3 is 0 Å². The van der Waals surface area contributed by atoms with Crippen LogP contribution < -0.4 is 9.80 Å². The SMILES string of the molecule is C1=CCCC(N(c2ccc(-c3ccc(N(c4ccc(-c5ccccc5)cc4)c4ccc(-c5ccccc5)cc4)cc3)cc2)c2ccc3c(c2)-c2ccccc2C3)=C1. The maximum atomic E-state index is 2.45. The number of allylic oxidation sites excluding steroid dienone is 4. The molecule has 0 N–H and O–H groups in total. The van der Waals surface area contributed by atoms with Gasteiger partial charge in [-0.3, -0.25) is 0 Å². The third-order valence-electron chi connectivity index (χ3n) is 11.4. The molecule has 0 atom stereocenters. The molecule has 2 aliphatic rings. The molecule has 2 nitrogen and oxygen atoms in total. The molecule has 2 aliphatic carbocycles. The molecule has 0 amide bonds. The van der Waals surface area contributed by atoms with Gasteiger partial charge < -0.3 is 9.80 Å². The Kier molecular flexibility index (Phi) is 9.14. The summed E-state index contributed by atoms with van der Waals surface area (Å²) in [5.41, 5.74) is 19.8. The minimum atomic E-state index is 1.00. The summed E-state index contributed by atoms with van der Waals surface area (Å²) in [5.74, 6) is 0. The lowest BCUT2D eigenvalue weighted by atomic mass is 10.0. The predicted octanol–water partition coefficient (Wildman–Crippen LogP) is 15.1. The minimum absolute atomic E-state index is 1.00. The highest BCUT2D eigenvalue weighted by atomic mass is 15.2. The quantitative estimate of drug-likeness (QED) is 0.146. The molecule has 0 fully saturated rings. The molecule has 272 valence electrons. The molecule has 57 heavy (non-hydrogen) atoms. The molecular formula is C55H42N2. The van der Waals surface area contributed by atoms with Crippen LogP contribution in [0.25, 0.3) is 44.5 Å². The first kappa shape index (κ1) is 34.3. The van der Waals surface area contributed by atoms with Crippen LogP contribution in [0.2, 0.25) is 0 Å². The molecule has 0 saturated heterocycles. The first-order chi connectivity index (χ1) is 28.2. The van der Waals surface area contributed by atoms with Gasteiger partial charge in [0.05, 0.1) is 0 Å². The van der Waals surface area contributed by atoms with E-state index >= 15 is 0 Å². The predicted molar refractivity (Wildman–Crippen MR) is 241 cm³/mol. The van der Waals surface area contributed by atoms with E-state index in [1.54, 1.807) is 0 Å². The van der Waals surface area contributed by atoms with Crippen LogP contribution in [0.15, 0.2) is 224 Å². The fraction of sp³-hybridized carbons (Fsp3) is 0.0545. The van der Waals surface area contributed by atoms with Gasteiger partial charge in [-0.25, -0.2) is 0 Å². The monoisotopic (exact) mass is 730 g/mol. The zero-order valence-electron chi connectivity index (χ0n) is 31.8. The van der Waals surface area contributed by atoms with E-state index < -0.39 is 0 Å². The second kappa shape index (κ2) is 15.2. The van der Waals surface area contributed by atoms with Crippen LogP contribution in [0.1, 0.15) is 24.0 Å². The molecule has 0 aromatic heterocycles. The number of hydrogen-bond donors (Lipinski definition) is 0. The van der Waals surface area contributed by atoms with E-state index in [1.807, 2.05) is 0 Å². The molecule has 0 spiro atoms. The van der Waals surface area contributed by atoms with Gasteiger partial charge in [-0.2, -0.15) is 0 Å². The standard InChI is InChI=1S/C55H42N2/c1-4-12-40(13-5-1)42-20-29-49(30-21-42)56(50-31-22-43(23-32-50)41-14-6-2-7-15-41)51-33-24-44(25-34-51)45-26-35-52(36-27-45)57(48-17-8-3-9-18-48)53-37-28-47-38-46-16-10-11-19-54(46)55(47)39-53/h1-8,10-17,19-37,39H,9,18,38H2. The number of anilines is 5. The Morgan fingerprint density at radius 3 is 1.25 bits per heavy atom. The molecule has 0 bridgehead atoms. The lowest BCUT2D eigenvalue weighted by molar-refractivity contribution is 0.917. The molecule has 8 aromatic rings. The summed E-state index contributed by atoms with van der Waals surface area (Å²) < 4.78 is 0. The average molecular weight is 731 g/mol. The Morgan fingerprint density at radius 1 is 0.333 bits per heavy atom. The highest BCUT2D eigenvalue weighted by Crippen LogP contribution is 2.43. The highest BCUT2D eigenvalue weighted by Gasteiger charge is 2.22. The minimum Gasteiger partial charge on any atom is -0.314 e. The van der Waals surface area contributed by atoms with Gasteiger partial charge in [0.2, 0.25) is 0 Å². The number of rotatable bonds is 9. The van der Waals surface area contributed by atoms with Gasteiger partial charge in [-0.05, 0) is 142 Å². The van der Waals surface area contributed by atoms with E-state index in [0.29, 0.717) is 0 Å². The first-order valence-electron chi connectivity index (χ1n) is 19.9. The number of fused-ring (bicyclic) bond motifs is 3. The van der Waals surface area contributed by atoms with Crippen molar-refractivity contribution >= 4 is 28.4 Å². The summed E-state index contributed by atoms with van der Waals surface area (Å²) in [6, 6.07) is 72.8. The van der Waals surface area contributed by atoms with Gasteiger partial charge in [0.1, 0.15) is 0 Å². The van der Waals surface area contributed by atoms with E-state index in [9.17, 15) is 0 Å². The van der Waals surface area contributed by atoms with Crippen molar-refractivity contribution in [1.29, 1.82) is 0 Å². The fourth-order valence-electron chi connectivity index (χ4n) is 8.43. The Bertz CT molecular complexity index is 2630. The zero-order valence-corrected chi connectivity index (χ0v) is 31.8. The fourth-order valence-corrected chi connectivity index (χ4v) is 8.43. The van der Waals surface area contributed by atoms with Crippen LogP contribution in [0.3, 0.4) is 0 Å². The molecule has 0 aliphatic heterocycles. The van der Waals surface area contributed by atoms with Gasteiger partial charge in [-0.15, -0.1) is 0 Å². The Morgan fingerprint density at radius 2 is 0.754 bits per heavy atom. The summed E-state index contributed by atoms with van der Waals surface area (Å²) in [5, 5.41) is 0. The summed E-state index contributed by atoms with van der Waals surface area (Å²) in [7, 11) is 0. The summed E-state index contributed by atoms with van der Waals surface area (Å²) >= 11 is 0. The molecule has 10 rings (SSSR count). The van der Waals surface area contributed by atoms with E-state index in [-0.39, 0.29) is 0 Å². The first-order valence-corrected chi connectivity index (χ1v) is 19.9. The van der Waals surface area contributed by atoms with Gasteiger partial charge in [0.25, 0.3) is 0 Å². The van der Waals surface area contributed by atoms with E-state index in [4.69, 9.17) is 0 Å². The van der Waals surface area contributed by atoms with Gasteiger partial charge in [-0.1, -0.05) is 152 Å². The molecular weight excluding hydrogens is 689 g/mol. The molecule has 0 heterocycles. The van der Waals surface area contributed by atoms with Crippen molar-refractivity contribution in [2.45, 2.75) is 19.3 Å². The average Bonchev–Trinajstić information content (AvgIpc) is 3.67. The highest BCUT2D eigenvalue weighted by molar-refractivity contribution is 5.84. The van der Waals surface area contributed by atoms with Crippen molar-refractivity contribution in [3.8, 4) is 44.5 Å². The third kappa shape index (κ3) is 6.88. The zero-order chi connectivity index (χ0) is 38.0. The van der Waals surface area contributed by atoms with Crippen LogP contribution in [0, 0.1) is 0 Å². The number of hydrogen-bond acceptors (Lipinski definition) is 2. The number of benzene rings is 8. The second-order valence-electron chi connectivity index (χ2n) is 14.9. The van der Waals surface area contributed by atoms with E-state index in [1.165, 1.54) is 72.7 Å². The largest absolute Gasteiger partial charge is 0.314 e. The lowest BCUT2D eigenvalue weighted by Crippen LogP contribution is -2.17. The lowest BCUT2D eigenvalue weighted by Gasteiger charge is -2.29. The van der Waals surface area contributed by atoms with Crippen molar-refractivity contribution in [2.75, 3.05) is 9.80 Å². The van der Waals surface area contributed by atoms with Crippen molar-refractivity contribution < 1.29 is 0 Å². The van der Waals surface area contributed by atoms with Crippen molar-refractivity contribution in [2.24, 2.45) is 0 Å². The Labute approximate surface area is 336 Å². The van der Waals surface area contributed by atoms with Crippen LogP contribution in [-0.2, 0) is 6.42 Å². The van der Waals surface area contributed by atoms with E-state index in [0.717, 1.165) is 36.3 Å². The van der Waals surface area contributed by atoms with Crippen LogP contribution in [0.5, 0.6) is 0 Å². The maximum absolute atomic E-state index is 2.45. The second-order valence-corrected chi connectivity index (χ2v) is 14.9. The van der Waals surface area contributed by atoms with Crippen LogP contribution >= 0.6 is 0 Å². The summed E-state index contributed by atoms with van der Waals surface area (Å²) in [6.07, 6.45) is 9.79. The normalized spacial score (nSPS) is 12.7. The summed E-state index contributed by atoms with van der Waals surface area (Å²) in [4.78, 5) is 4.79. The summed E-state index contributed by atoms with van der Waals surface area (Å²) in [6.45, 7) is 0. The number of nitrogens with zero attached hydrogens (tertiary/aromatic N) is 2. The molecule has 0 saturated carbocycles. The van der Waals surface area contributed by atoms with Gasteiger partial charge in [0.15, 0.2) is 0 Å². The van der Waals surface area contributed by atoms with Crippen LogP contribution in [-0.4, -0.2) is 0 Å². The smallest absolute Gasteiger partial charge is 0.0464 e. The molecule has 0 radical (unpaired) electrons. The maximum Gasteiger partial charge on any atom is 0.0464 e. The molecule has 0 unspecified atom stereocenters. The Balaban J connectivity index is 0.963. The van der Waals surface area contributed by atoms with Crippen molar-refractivity contribution in [3.05, 3.63) is 235 Å². The van der Waals surface area contributed by atoms with Crippen LogP contribution in [0.4, 0.5) is 28.4 Å². The van der Waals surface area contributed by atoms with E-state index in [2.05, 4.69) is 228 Å². The van der Waals surface area contributed by atoms with Gasteiger partial charge in [0, 0.05) is 34.1 Å². The molecule has 2 heteroatoms. The third-order valence-corrected chi connectivity index (χ3v) is 11.4.